The molecule has 0 bridgehead atoms. The first-order chi connectivity index (χ1) is 10.2. The summed E-state index contributed by atoms with van der Waals surface area (Å²) in [7, 11) is 0. The molecule has 1 atom stereocenters. The number of aliphatic hydroxyl groups excluding tert-OH is 1. The van der Waals surface area contributed by atoms with Crippen molar-refractivity contribution in [1.82, 2.24) is 9.80 Å². The summed E-state index contributed by atoms with van der Waals surface area (Å²) < 4.78 is 0. The highest BCUT2D eigenvalue weighted by Crippen LogP contribution is 2.44. The number of likely N-dealkylation sites (tertiary alicyclic amines) is 2. The highest BCUT2D eigenvalue weighted by Gasteiger charge is 2.35. The first-order valence-corrected chi connectivity index (χ1v) is 8.85. The Kier molecular flexibility index (Phi) is 4.85. The second-order valence-corrected chi connectivity index (χ2v) is 7.46. The van der Waals surface area contributed by atoms with Crippen molar-refractivity contribution in [3.63, 3.8) is 0 Å². The van der Waals surface area contributed by atoms with Crippen LogP contribution in [0.5, 0.6) is 0 Å². The van der Waals surface area contributed by atoms with Gasteiger partial charge in [0.2, 0.25) is 5.91 Å². The first-order valence-electron chi connectivity index (χ1n) is 8.85. The SMILES string of the molecule is O=C1CCCN1CC(O)CN1CCC2(CCCCC2)CC1. The van der Waals surface area contributed by atoms with E-state index < -0.39 is 0 Å². The molecule has 1 unspecified atom stereocenters. The normalized spacial score (nSPS) is 28.2. The van der Waals surface area contributed by atoms with Gasteiger partial charge in [0.1, 0.15) is 0 Å². The maximum atomic E-state index is 11.6. The average Bonchev–Trinajstić information content (AvgIpc) is 2.88. The van der Waals surface area contributed by atoms with Crippen LogP contribution in [-0.2, 0) is 4.79 Å². The lowest BCUT2D eigenvalue weighted by atomic mass is 9.68. The molecule has 0 radical (unpaired) electrons. The lowest BCUT2D eigenvalue weighted by molar-refractivity contribution is -0.129. The van der Waals surface area contributed by atoms with E-state index in [4.69, 9.17) is 0 Å². The molecule has 4 heteroatoms. The summed E-state index contributed by atoms with van der Waals surface area (Å²) in [6, 6.07) is 0. The van der Waals surface area contributed by atoms with Crippen molar-refractivity contribution in [2.45, 2.75) is 63.9 Å². The van der Waals surface area contributed by atoms with E-state index in [0.717, 1.165) is 32.6 Å². The standard InChI is InChI=1S/C17H30N2O2/c20-15(14-19-10-4-5-16(19)21)13-18-11-8-17(9-12-18)6-2-1-3-7-17/h15,20H,1-14H2. The van der Waals surface area contributed by atoms with E-state index in [-0.39, 0.29) is 12.0 Å². The summed E-state index contributed by atoms with van der Waals surface area (Å²) >= 11 is 0. The van der Waals surface area contributed by atoms with Crippen molar-refractivity contribution in [2.24, 2.45) is 5.41 Å². The van der Waals surface area contributed by atoms with E-state index in [1.807, 2.05) is 4.90 Å². The van der Waals surface area contributed by atoms with Crippen molar-refractivity contribution in [3.05, 3.63) is 0 Å². The molecule has 2 aliphatic heterocycles. The van der Waals surface area contributed by atoms with E-state index in [1.54, 1.807) is 0 Å². The van der Waals surface area contributed by atoms with Gasteiger partial charge in [-0.25, -0.2) is 0 Å². The lowest BCUT2D eigenvalue weighted by Crippen LogP contribution is -2.46. The van der Waals surface area contributed by atoms with Crippen molar-refractivity contribution in [2.75, 3.05) is 32.7 Å². The summed E-state index contributed by atoms with van der Waals surface area (Å²) in [5.41, 5.74) is 0.630. The van der Waals surface area contributed by atoms with E-state index >= 15 is 0 Å². The second-order valence-electron chi connectivity index (χ2n) is 7.46. The Balaban J connectivity index is 1.41. The molecule has 3 aliphatic rings. The number of aliphatic hydroxyl groups is 1. The summed E-state index contributed by atoms with van der Waals surface area (Å²) in [4.78, 5) is 15.8. The van der Waals surface area contributed by atoms with E-state index in [2.05, 4.69) is 4.90 Å². The van der Waals surface area contributed by atoms with Crippen LogP contribution in [0.2, 0.25) is 0 Å². The second kappa shape index (κ2) is 6.66. The van der Waals surface area contributed by atoms with Gasteiger partial charge in [-0.2, -0.15) is 0 Å². The van der Waals surface area contributed by atoms with Gasteiger partial charge in [0, 0.05) is 26.1 Å². The maximum Gasteiger partial charge on any atom is 0.222 e. The molecular weight excluding hydrogens is 264 g/mol. The molecular formula is C17H30N2O2. The Morgan fingerprint density at radius 2 is 1.67 bits per heavy atom. The Morgan fingerprint density at radius 1 is 0.952 bits per heavy atom. The minimum Gasteiger partial charge on any atom is -0.390 e. The van der Waals surface area contributed by atoms with Crippen LogP contribution in [0.15, 0.2) is 0 Å². The van der Waals surface area contributed by atoms with Gasteiger partial charge >= 0.3 is 0 Å². The van der Waals surface area contributed by atoms with Crippen LogP contribution in [0, 0.1) is 5.41 Å². The number of β-amino-alcohol motifs (C(OH)–C–C–N with tert-alkyl or cyclic N) is 1. The molecule has 3 fully saturated rings. The maximum absolute atomic E-state index is 11.6. The Labute approximate surface area is 128 Å². The Morgan fingerprint density at radius 3 is 2.29 bits per heavy atom. The third-order valence-electron chi connectivity index (χ3n) is 5.90. The van der Waals surface area contributed by atoms with Gasteiger partial charge in [-0.1, -0.05) is 19.3 Å². The number of piperidine rings is 1. The molecule has 120 valence electrons. The third kappa shape index (κ3) is 3.78. The number of hydrogen-bond acceptors (Lipinski definition) is 3. The highest BCUT2D eigenvalue weighted by molar-refractivity contribution is 5.78. The van der Waals surface area contributed by atoms with Gasteiger partial charge in [0.15, 0.2) is 0 Å². The largest absolute Gasteiger partial charge is 0.390 e. The van der Waals surface area contributed by atoms with Gasteiger partial charge in [-0.05, 0) is 50.6 Å². The molecule has 4 nitrogen and oxygen atoms in total. The monoisotopic (exact) mass is 294 g/mol. The summed E-state index contributed by atoms with van der Waals surface area (Å²) in [5.74, 6) is 0.217. The molecule has 21 heavy (non-hydrogen) atoms. The van der Waals surface area contributed by atoms with Crippen molar-refractivity contribution < 1.29 is 9.90 Å². The average molecular weight is 294 g/mol. The third-order valence-corrected chi connectivity index (χ3v) is 5.90. The molecule has 1 amide bonds. The van der Waals surface area contributed by atoms with Gasteiger partial charge in [0.05, 0.1) is 6.10 Å². The summed E-state index contributed by atoms with van der Waals surface area (Å²) in [5, 5.41) is 10.2. The Hall–Kier alpha value is -0.610. The molecule has 3 rings (SSSR count). The predicted octanol–water partition coefficient (Wildman–Crippen LogP) is 2.02. The smallest absolute Gasteiger partial charge is 0.222 e. The molecule has 1 spiro atoms. The zero-order chi connectivity index (χ0) is 14.7. The lowest BCUT2D eigenvalue weighted by Gasteiger charge is -2.44. The number of hydrogen-bond donors (Lipinski definition) is 1. The van der Waals surface area contributed by atoms with Crippen LogP contribution in [0.1, 0.15) is 57.8 Å². The Bertz CT molecular complexity index is 356. The first kappa shape index (κ1) is 15.3. The zero-order valence-electron chi connectivity index (χ0n) is 13.2. The molecule has 0 aromatic carbocycles. The van der Waals surface area contributed by atoms with Gasteiger partial charge in [-0.15, -0.1) is 0 Å². The number of rotatable bonds is 4. The summed E-state index contributed by atoms with van der Waals surface area (Å²) in [6.07, 6.45) is 11.0. The predicted molar refractivity (Wildman–Crippen MR) is 83.0 cm³/mol. The fourth-order valence-corrected chi connectivity index (χ4v) is 4.52. The number of carbonyl (C=O) groups excluding carboxylic acids is 1. The van der Waals surface area contributed by atoms with Gasteiger partial charge in [0.25, 0.3) is 0 Å². The fraction of sp³-hybridized carbons (Fsp3) is 0.941. The van der Waals surface area contributed by atoms with Gasteiger partial charge < -0.3 is 14.9 Å². The van der Waals surface area contributed by atoms with E-state index in [0.29, 0.717) is 18.4 Å². The van der Waals surface area contributed by atoms with Crippen LogP contribution >= 0.6 is 0 Å². The minimum absolute atomic E-state index is 0.217. The summed E-state index contributed by atoms with van der Waals surface area (Å²) in [6.45, 7) is 4.36. The molecule has 2 saturated heterocycles. The molecule has 1 saturated carbocycles. The molecule has 0 aromatic rings. The topological polar surface area (TPSA) is 43.8 Å². The zero-order valence-corrected chi connectivity index (χ0v) is 13.2. The molecule has 1 aliphatic carbocycles. The van der Waals surface area contributed by atoms with Crippen molar-refractivity contribution >= 4 is 5.91 Å². The molecule has 2 heterocycles. The van der Waals surface area contributed by atoms with Crippen LogP contribution < -0.4 is 0 Å². The van der Waals surface area contributed by atoms with Crippen molar-refractivity contribution in [3.8, 4) is 0 Å². The molecule has 0 aromatic heterocycles. The van der Waals surface area contributed by atoms with Crippen LogP contribution in [0.3, 0.4) is 0 Å². The minimum atomic E-state index is -0.382. The van der Waals surface area contributed by atoms with Crippen LogP contribution in [-0.4, -0.2) is 59.6 Å². The quantitative estimate of drug-likeness (QED) is 0.862. The number of carbonyl (C=O) groups is 1. The number of nitrogens with zero attached hydrogens (tertiary/aromatic N) is 2. The van der Waals surface area contributed by atoms with Gasteiger partial charge in [-0.3, -0.25) is 4.79 Å². The van der Waals surface area contributed by atoms with Crippen LogP contribution in [0.25, 0.3) is 0 Å². The molecule has 1 N–H and O–H groups in total. The van der Waals surface area contributed by atoms with Crippen LogP contribution in [0.4, 0.5) is 0 Å². The highest BCUT2D eigenvalue weighted by atomic mass is 16.3. The fourth-order valence-electron chi connectivity index (χ4n) is 4.52. The van der Waals surface area contributed by atoms with E-state index in [1.165, 1.54) is 44.9 Å². The van der Waals surface area contributed by atoms with E-state index in [9.17, 15) is 9.90 Å². The number of amides is 1. The van der Waals surface area contributed by atoms with Crippen molar-refractivity contribution in [1.29, 1.82) is 0 Å².